The highest BCUT2D eigenvalue weighted by atomic mass is 16.4. The van der Waals surface area contributed by atoms with E-state index < -0.39 is 17.5 Å². The maximum atomic E-state index is 11.6. The Bertz CT molecular complexity index is 309. The van der Waals surface area contributed by atoms with Gasteiger partial charge in [-0.3, -0.25) is 4.79 Å². The molecule has 3 nitrogen and oxygen atoms in total. The van der Waals surface area contributed by atoms with Crippen molar-refractivity contribution in [2.24, 2.45) is 17.3 Å². The molecule has 0 bridgehead atoms. The van der Waals surface area contributed by atoms with Gasteiger partial charge in [-0.25, -0.2) is 0 Å². The molecule has 19 heavy (non-hydrogen) atoms. The zero-order valence-corrected chi connectivity index (χ0v) is 12.1. The molecule has 3 atom stereocenters. The average molecular weight is 268 g/mol. The van der Waals surface area contributed by atoms with Gasteiger partial charge in [0.15, 0.2) is 0 Å². The van der Waals surface area contributed by atoms with E-state index in [-0.39, 0.29) is 0 Å². The summed E-state index contributed by atoms with van der Waals surface area (Å²) >= 11 is 0. The molecule has 0 aromatic carbocycles. The minimum atomic E-state index is -0.686. The molecule has 0 heterocycles. The molecule has 2 aliphatic rings. The van der Waals surface area contributed by atoms with Gasteiger partial charge in [0.05, 0.1) is 11.5 Å². The first-order valence-corrected chi connectivity index (χ1v) is 7.97. The quantitative estimate of drug-likeness (QED) is 0.774. The van der Waals surface area contributed by atoms with Gasteiger partial charge in [0.25, 0.3) is 0 Å². The second kappa shape index (κ2) is 6.25. The Morgan fingerprint density at radius 1 is 1.26 bits per heavy atom. The number of carbonyl (C=O) groups is 1. The lowest BCUT2D eigenvalue weighted by molar-refractivity contribution is -0.151. The Balaban J connectivity index is 1.91. The number of aliphatic hydroxyl groups excluding tert-OH is 1. The van der Waals surface area contributed by atoms with E-state index in [1.54, 1.807) is 0 Å². The van der Waals surface area contributed by atoms with Crippen LogP contribution in [0, 0.1) is 17.3 Å². The Morgan fingerprint density at radius 2 is 1.95 bits per heavy atom. The van der Waals surface area contributed by atoms with E-state index in [2.05, 4.69) is 6.92 Å². The number of aliphatic hydroxyl groups is 1. The van der Waals surface area contributed by atoms with Crippen molar-refractivity contribution in [3.8, 4) is 0 Å². The molecular formula is C16H28O3. The summed E-state index contributed by atoms with van der Waals surface area (Å²) in [6.45, 7) is 2.14. The van der Waals surface area contributed by atoms with E-state index in [1.165, 1.54) is 25.7 Å². The first-order chi connectivity index (χ1) is 9.05. The zero-order valence-electron chi connectivity index (χ0n) is 12.1. The molecule has 3 heteroatoms. The Kier molecular flexibility index (Phi) is 4.88. The second-order valence-corrected chi connectivity index (χ2v) is 6.85. The van der Waals surface area contributed by atoms with Crippen LogP contribution in [0.15, 0.2) is 0 Å². The standard InChI is InChI=1S/C16H28O3/c1-2-12-7-8-16(10-12,15(18)19)11-14(17)9-13-5-3-4-6-13/h12-14,17H,2-11H2,1H3,(H,18,19). The summed E-state index contributed by atoms with van der Waals surface area (Å²) in [5.41, 5.74) is -0.640. The average Bonchev–Trinajstić information content (AvgIpc) is 2.99. The summed E-state index contributed by atoms with van der Waals surface area (Å²) in [7, 11) is 0. The van der Waals surface area contributed by atoms with Crippen LogP contribution in [0.4, 0.5) is 0 Å². The van der Waals surface area contributed by atoms with Crippen LogP contribution in [0.3, 0.4) is 0 Å². The molecule has 0 radical (unpaired) electrons. The number of carboxylic acid groups (broad SMARTS) is 1. The molecule has 0 saturated heterocycles. The lowest BCUT2D eigenvalue weighted by Gasteiger charge is -2.28. The lowest BCUT2D eigenvalue weighted by atomic mass is 9.78. The van der Waals surface area contributed by atoms with Gasteiger partial charge in [0.1, 0.15) is 0 Å². The van der Waals surface area contributed by atoms with Gasteiger partial charge in [0.2, 0.25) is 0 Å². The normalized spacial score (nSPS) is 33.7. The molecule has 110 valence electrons. The van der Waals surface area contributed by atoms with Crippen molar-refractivity contribution in [2.45, 2.75) is 77.2 Å². The SMILES string of the molecule is CCC1CCC(CC(O)CC2CCCC2)(C(=O)O)C1. The van der Waals surface area contributed by atoms with E-state index >= 15 is 0 Å². The fourth-order valence-corrected chi connectivity index (χ4v) is 4.22. The van der Waals surface area contributed by atoms with E-state index in [1.807, 2.05) is 0 Å². The van der Waals surface area contributed by atoms with Crippen LogP contribution in [0.2, 0.25) is 0 Å². The van der Waals surface area contributed by atoms with Crippen molar-refractivity contribution in [3.05, 3.63) is 0 Å². The highest BCUT2D eigenvalue weighted by molar-refractivity contribution is 5.75. The Hall–Kier alpha value is -0.570. The van der Waals surface area contributed by atoms with Crippen LogP contribution >= 0.6 is 0 Å². The molecule has 3 unspecified atom stereocenters. The van der Waals surface area contributed by atoms with E-state index in [9.17, 15) is 15.0 Å². The number of rotatable bonds is 6. The molecule has 2 N–H and O–H groups in total. The van der Waals surface area contributed by atoms with Gasteiger partial charge in [-0.05, 0) is 43.9 Å². The summed E-state index contributed by atoms with van der Waals surface area (Å²) in [4.78, 5) is 11.6. The predicted octanol–water partition coefficient (Wildman–Crippen LogP) is 3.60. The topological polar surface area (TPSA) is 57.5 Å². The van der Waals surface area contributed by atoms with Crippen LogP contribution in [0.5, 0.6) is 0 Å². The van der Waals surface area contributed by atoms with Crippen LogP contribution in [-0.4, -0.2) is 22.3 Å². The molecule has 2 fully saturated rings. The van der Waals surface area contributed by atoms with E-state index in [0.29, 0.717) is 18.3 Å². The van der Waals surface area contributed by atoms with E-state index in [0.717, 1.165) is 32.1 Å². The smallest absolute Gasteiger partial charge is 0.309 e. The van der Waals surface area contributed by atoms with Crippen molar-refractivity contribution in [1.82, 2.24) is 0 Å². The fourth-order valence-electron chi connectivity index (χ4n) is 4.22. The molecule has 2 aliphatic carbocycles. The van der Waals surface area contributed by atoms with Crippen LogP contribution in [0.25, 0.3) is 0 Å². The summed E-state index contributed by atoms with van der Waals surface area (Å²) in [5.74, 6) is 0.480. The first-order valence-electron chi connectivity index (χ1n) is 7.97. The van der Waals surface area contributed by atoms with Gasteiger partial charge in [0, 0.05) is 0 Å². The molecule has 0 aliphatic heterocycles. The number of aliphatic carboxylic acids is 1. The predicted molar refractivity (Wildman–Crippen MR) is 74.9 cm³/mol. The minimum Gasteiger partial charge on any atom is -0.481 e. The molecule has 2 rings (SSSR count). The monoisotopic (exact) mass is 268 g/mol. The number of hydrogen-bond donors (Lipinski definition) is 2. The number of hydrogen-bond acceptors (Lipinski definition) is 2. The van der Waals surface area contributed by atoms with Gasteiger partial charge in [-0.1, -0.05) is 39.0 Å². The van der Waals surface area contributed by atoms with E-state index in [4.69, 9.17) is 0 Å². The molecule has 0 aromatic heterocycles. The molecule has 0 amide bonds. The summed E-state index contributed by atoms with van der Waals surface area (Å²) in [6, 6.07) is 0. The fraction of sp³-hybridized carbons (Fsp3) is 0.938. The third-order valence-corrected chi connectivity index (χ3v) is 5.45. The van der Waals surface area contributed by atoms with Crippen molar-refractivity contribution >= 4 is 5.97 Å². The third kappa shape index (κ3) is 3.50. The van der Waals surface area contributed by atoms with Crippen molar-refractivity contribution in [1.29, 1.82) is 0 Å². The first kappa shape index (κ1) is 14.8. The Morgan fingerprint density at radius 3 is 2.47 bits per heavy atom. The van der Waals surface area contributed by atoms with Crippen molar-refractivity contribution < 1.29 is 15.0 Å². The van der Waals surface area contributed by atoms with Crippen LogP contribution in [-0.2, 0) is 4.79 Å². The van der Waals surface area contributed by atoms with Crippen LogP contribution in [0.1, 0.15) is 71.1 Å². The molecule has 0 aromatic rings. The van der Waals surface area contributed by atoms with Gasteiger partial charge >= 0.3 is 5.97 Å². The summed E-state index contributed by atoms with van der Waals surface area (Å²) in [6.07, 6.45) is 9.44. The number of carboxylic acids is 1. The third-order valence-electron chi connectivity index (χ3n) is 5.45. The Labute approximate surface area is 116 Å². The maximum absolute atomic E-state index is 11.6. The molecular weight excluding hydrogens is 240 g/mol. The van der Waals surface area contributed by atoms with Gasteiger partial charge in [-0.15, -0.1) is 0 Å². The summed E-state index contributed by atoms with van der Waals surface area (Å²) in [5, 5.41) is 19.9. The largest absolute Gasteiger partial charge is 0.481 e. The minimum absolute atomic E-state index is 0.421. The second-order valence-electron chi connectivity index (χ2n) is 6.85. The van der Waals surface area contributed by atoms with Crippen molar-refractivity contribution in [3.63, 3.8) is 0 Å². The maximum Gasteiger partial charge on any atom is 0.309 e. The van der Waals surface area contributed by atoms with Crippen LogP contribution < -0.4 is 0 Å². The molecule has 2 saturated carbocycles. The van der Waals surface area contributed by atoms with Crippen molar-refractivity contribution in [2.75, 3.05) is 0 Å². The zero-order chi connectivity index (χ0) is 13.9. The van der Waals surface area contributed by atoms with Gasteiger partial charge in [-0.2, -0.15) is 0 Å². The molecule has 0 spiro atoms. The summed E-state index contributed by atoms with van der Waals surface area (Å²) < 4.78 is 0. The van der Waals surface area contributed by atoms with Gasteiger partial charge < -0.3 is 10.2 Å². The highest BCUT2D eigenvalue weighted by Gasteiger charge is 2.46. The lowest BCUT2D eigenvalue weighted by Crippen LogP contribution is -2.33. The highest BCUT2D eigenvalue weighted by Crippen LogP contribution is 2.47.